The Morgan fingerprint density at radius 2 is 2.00 bits per heavy atom. The lowest BCUT2D eigenvalue weighted by Gasteiger charge is -2.49. The summed E-state index contributed by atoms with van der Waals surface area (Å²) in [6.07, 6.45) is -0.419. The minimum atomic E-state index is -1.27. The SMILES string of the molecule is NC(C(=O)NC1C(=O)N2C(C(=O)O)=C(CSc3nnc(CC(=O)O)o3)CS[C@@H]12)c1ccccc1. The Balaban J connectivity index is 1.43. The molecule has 1 fully saturated rings. The number of nitrogens with two attached hydrogens (primary N) is 1. The highest BCUT2D eigenvalue weighted by Gasteiger charge is 2.54. The summed E-state index contributed by atoms with van der Waals surface area (Å²) in [5.41, 5.74) is 6.91. The number of thioether (sulfide) groups is 2. The molecule has 12 nitrogen and oxygen atoms in total. The topological polar surface area (TPSA) is 189 Å². The van der Waals surface area contributed by atoms with Crippen LogP contribution < -0.4 is 11.1 Å². The number of hydrogen-bond acceptors (Lipinski definition) is 10. The largest absolute Gasteiger partial charge is 0.481 e. The number of carboxylic acid groups (broad SMARTS) is 2. The number of fused-ring (bicyclic) bond motifs is 1. The number of hydrogen-bond donors (Lipinski definition) is 4. The zero-order chi connectivity index (χ0) is 24.4. The fraction of sp³-hybridized carbons (Fsp3) is 0.300. The van der Waals surface area contributed by atoms with Gasteiger partial charge in [0.2, 0.25) is 11.8 Å². The Hall–Kier alpha value is -3.36. The molecule has 2 amide bonds. The highest BCUT2D eigenvalue weighted by atomic mass is 32.2. The Bertz CT molecular complexity index is 1170. The van der Waals surface area contributed by atoms with Gasteiger partial charge in [-0.2, -0.15) is 0 Å². The number of nitrogens with zero attached hydrogens (tertiary/aromatic N) is 3. The summed E-state index contributed by atoms with van der Waals surface area (Å²) in [7, 11) is 0. The van der Waals surface area contributed by atoms with E-state index >= 15 is 0 Å². The molecule has 1 aromatic carbocycles. The maximum absolute atomic E-state index is 12.8. The summed E-state index contributed by atoms with van der Waals surface area (Å²) in [6, 6.07) is 6.86. The van der Waals surface area contributed by atoms with Crippen molar-refractivity contribution in [2.75, 3.05) is 11.5 Å². The third-order valence-corrected chi connectivity index (χ3v) is 7.35. The normalized spacial score (nSPS) is 20.4. The van der Waals surface area contributed by atoms with Gasteiger partial charge in [-0.1, -0.05) is 42.1 Å². The quantitative estimate of drug-likeness (QED) is 0.268. The van der Waals surface area contributed by atoms with E-state index < -0.39 is 47.6 Å². The predicted molar refractivity (Wildman–Crippen MR) is 119 cm³/mol. The Kier molecular flexibility index (Phi) is 6.90. The number of aliphatic carboxylic acids is 2. The summed E-state index contributed by atoms with van der Waals surface area (Å²) < 4.78 is 5.23. The Labute approximate surface area is 200 Å². The van der Waals surface area contributed by atoms with Gasteiger partial charge in [0, 0.05) is 11.5 Å². The number of carbonyl (C=O) groups is 4. The van der Waals surface area contributed by atoms with Gasteiger partial charge in [0.1, 0.15) is 29.6 Å². The number of rotatable bonds is 9. The van der Waals surface area contributed by atoms with Crippen molar-refractivity contribution in [2.45, 2.75) is 29.1 Å². The first-order valence-corrected chi connectivity index (χ1v) is 12.0. The fourth-order valence-corrected chi connectivity index (χ4v) is 5.76. The van der Waals surface area contributed by atoms with Crippen LogP contribution in [0.2, 0.25) is 0 Å². The van der Waals surface area contributed by atoms with Crippen LogP contribution in [0.3, 0.4) is 0 Å². The number of carbonyl (C=O) groups excluding carboxylic acids is 2. The Morgan fingerprint density at radius 3 is 2.68 bits per heavy atom. The van der Waals surface area contributed by atoms with Crippen LogP contribution in [0.15, 0.2) is 51.2 Å². The second-order valence-corrected chi connectivity index (χ2v) is 9.39. The van der Waals surface area contributed by atoms with Crippen LogP contribution in [0, 0.1) is 0 Å². The molecule has 1 saturated heterocycles. The second kappa shape index (κ2) is 9.87. The van der Waals surface area contributed by atoms with Gasteiger partial charge in [-0.25, -0.2) is 4.79 Å². The van der Waals surface area contributed by atoms with Crippen LogP contribution in [0.25, 0.3) is 0 Å². The van der Waals surface area contributed by atoms with Crippen molar-refractivity contribution >= 4 is 47.3 Å². The molecule has 0 saturated carbocycles. The molecule has 14 heteroatoms. The second-order valence-electron chi connectivity index (χ2n) is 7.36. The maximum atomic E-state index is 12.8. The van der Waals surface area contributed by atoms with E-state index in [1.165, 1.54) is 11.8 Å². The molecular weight excluding hydrogens is 486 g/mol. The number of carboxylic acids is 2. The molecule has 3 atom stereocenters. The van der Waals surface area contributed by atoms with E-state index in [0.717, 1.165) is 16.7 Å². The van der Waals surface area contributed by atoms with E-state index in [9.17, 15) is 24.3 Å². The molecule has 2 aliphatic heterocycles. The van der Waals surface area contributed by atoms with Crippen LogP contribution >= 0.6 is 23.5 Å². The van der Waals surface area contributed by atoms with Gasteiger partial charge in [0.25, 0.3) is 11.1 Å². The fourth-order valence-electron chi connectivity index (χ4n) is 3.50. The van der Waals surface area contributed by atoms with E-state index in [2.05, 4.69) is 15.5 Å². The van der Waals surface area contributed by atoms with Gasteiger partial charge in [-0.05, 0) is 11.1 Å². The van der Waals surface area contributed by atoms with Gasteiger partial charge in [-0.15, -0.1) is 22.0 Å². The maximum Gasteiger partial charge on any atom is 0.352 e. The molecule has 2 unspecified atom stereocenters. The molecule has 4 rings (SSSR count). The molecule has 0 radical (unpaired) electrons. The summed E-state index contributed by atoms with van der Waals surface area (Å²) in [6.45, 7) is 0. The van der Waals surface area contributed by atoms with E-state index in [4.69, 9.17) is 15.3 Å². The first-order valence-electron chi connectivity index (χ1n) is 9.94. The van der Waals surface area contributed by atoms with Crippen LogP contribution in [-0.2, 0) is 25.6 Å². The lowest BCUT2D eigenvalue weighted by molar-refractivity contribution is -0.150. The minimum Gasteiger partial charge on any atom is -0.481 e. The van der Waals surface area contributed by atoms with E-state index in [-0.39, 0.29) is 22.6 Å². The zero-order valence-corrected chi connectivity index (χ0v) is 19.0. The van der Waals surface area contributed by atoms with Crippen molar-refractivity contribution in [2.24, 2.45) is 5.73 Å². The number of benzene rings is 1. The molecule has 2 aliphatic rings. The van der Waals surface area contributed by atoms with Crippen molar-refractivity contribution in [3.05, 3.63) is 53.1 Å². The molecule has 0 bridgehead atoms. The van der Waals surface area contributed by atoms with Gasteiger partial charge >= 0.3 is 11.9 Å². The molecule has 34 heavy (non-hydrogen) atoms. The van der Waals surface area contributed by atoms with Crippen molar-refractivity contribution < 1.29 is 33.8 Å². The zero-order valence-electron chi connectivity index (χ0n) is 17.4. The van der Waals surface area contributed by atoms with Gasteiger partial charge in [0.15, 0.2) is 0 Å². The van der Waals surface area contributed by atoms with Crippen molar-refractivity contribution in [1.82, 2.24) is 20.4 Å². The van der Waals surface area contributed by atoms with Crippen LogP contribution in [0.4, 0.5) is 0 Å². The third kappa shape index (κ3) is 4.78. The molecule has 5 N–H and O–H groups in total. The number of β-lactam (4-membered cyclic amide) rings is 1. The summed E-state index contributed by atoms with van der Waals surface area (Å²) in [5, 5.41) is 28.1. The predicted octanol–water partition coefficient (Wildman–Crippen LogP) is 0.227. The molecule has 0 aliphatic carbocycles. The molecule has 0 spiro atoms. The smallest absolute Gasteiger partial charge is 0.352 e. The van der Waals surface area contributed by atoms with Gasteiger partial charge in [-0.3, -0.25) is 19.3 Å². The molecule has 2 aromatic rings. The average molecular weight is 506 g/mol. The van der Waals surface area contributed by atoms with Gasteiger partial charge < -0.3 is 25.7 Å². The monoisotopic (exact) mass is 505 g/mol. The van der Waals surface area contributed by atoms with E-state index in [0.29, 0.717) is 16.9 Å². The highest BCUT2D eigenvalue weighted by Crippen LogP contribution is 2.41. The molecule has 3 heterocycles. The minimum absolute atomic E-state index is 0.0641. The van der Waals surface area contributed by atoms with Crippen LogP contribution in [-0.4, -0.2) is 72.0 Å². The number of aromatic nitrogens is 2. The summed E-state index contributed by atoms with van der Waals surface area (Å²) in [5.74, 6) is -3.06. The standard InChI is InChI=1S/C20H19N5O7S2/c21-13(9-4-2-1-3-5-9)16(28)22-14-17(29)25-15(19(30)31)10(7-33-18(14)25)8-34-20-24-23-11(32-20)6-12(26)27/h1-5,13-14,18H,6-8,21H2,(H,22,28)(H,26,27)(H,30,31)/t13?,14?,18-/m0/s1. The molecular formula is C20H19N5O7S2. The number of amides is 2. The first kappa shape index (κ1) is 23.8. The Morgan fingerprint density at radius 1 is 1.26 bits per heavy atom. The van der Waals surface area contributed by atoms with Crippen LogP contribution in [0.5, 0.6) is 0 Å². The summed E-state index contributed by atoms with van der Waals surface area (Å²) in [4.78, 5) is 49.2. The van der Waals surface area contributed by atoms with Crippen molar-refractivity contribution in [1.29, 1.82) is 0 Å². The van der Waals surface area contributed by atoms with E-state index in [1.54, 1.807) is 30.3 Å². The number of nitrogens with one attached hydrogen (secondary N) is 1. The van der Waals surface area contributed by atoms with E-state index in [1.807, 2.05) is 0 Å². The average Bonchev–Trinajstić information content (AvgIpc) is 3.26. The van der Waals surface area contributed by atoms with Crippen molar-refractivity contribution in [3.8, 4) is 0 Å². The molecule has 178 valence electrons. The third-order valence-electron chi connectivity index (χ3n) is 5.11. The first-order chi connectivity index (χ1) is 16.3. The lowest BCUT2D eigenvalue weighted by Crippen LogP contribution is -2.71. The molecule has 1 aromatic heterocycles. The van der Waals surface area contributed by atoms with Crippen LogP contribution in [0.1, 0.15) is 17.5 Å². The lowest BCUT2D eigenvalue weighted by atomic mass is 10.0. The van der Waals surface area contributed by atoms with Gasteiger partial charge in [0.05, 0.1) is 0 Å². The summed E-state index contributed by atoms with van der Waals surface area (Å²) >= 11 is 2.37. The highest BCUT2D eigenvalue weighted by molar-refractivity contribution is 8.01. The van der Waals surface area contributed by atoms with Crippen molar-refractivity contribution in [3.63, 3.8) is 0 Å².